The first kappa shape index (κ1) is 25.3. The van der Waals surface area contributed by atoms with Crippen molar-refractivity contribution in [1.29, 1.82) is 0 Å². The molecule has 0 bridgehead atoms. The molecule has 6 aromatic rings. The van der Waals surface area contributed by atoms with Crippen LogP contribution in [0.3, 0.4) is 0 Å². The van der Waals surface area contributed by atoms with Crippen molar-refractivity contribution in [3.8, 4) is 27.9 Å². The highest BCUT2D eigenvalue weighted by Gasteiger charge is 2.32. The fourth-order valence-electron chi connectivity index (χ4n) is 4.70. The summed E-state index contributed by atoms with van der Waals surface area (Å²) in [6.07, 6.45) is 3.02. The van der Waals surface area contributed by atoms with Gasteiger partial charge in [-0.2, -0.15) is 0 Å². The predicted octanol–water partition coefficient (Wildman–Crippen LogP) is 5.63. The van der Waals surface area contributed by atoms with Crippen LogP contribution in [0.25, 0.3) is 36.6 Å². The topological polar surface area (TPSA) is 112 Å². The summed E-state index contributed by atoms with van der Waals surface area (Å²) in [5.74, 6) is 1.66. The second kappa shape index (κ2) is 10.7. The number of methoxy groups -OCH3 is 2. The van der Waals surface area contributed by atoms with Crippen molar-refractivity contribution >= 4 is 36.5 Å². The number of benzene rings is 3. The zero-order valence-electron chi connectivity index (χ0n) is 22.1. The summed E-state index contributed by atoms with van der Waals surface area (Å²) in [5.41, 5.74) is 3.40. The molecule has 0 saturated heterocycles. The van der Waals surface area contributed by atoms with Gasteiger partial charge in [0.15, 0.2) is 16.8 Å². The SMILES string of the molecule is COc1cc(OC)c2c(c1)c1cc(C)ccc1[s+]2-c1ncccc1C(=O)NCc1ccc(-c2nncnn2)cc1. The standard InChI is InChI=1S/C30H24N6O3S/c1-18-6-11-26-23(13-18)24-14-21(38-2)15-25(39-3)27(24)40(26)30-22(5-4-12-31-30)29(37)32-16-19-7-9-20(10-8-19)28-35-33-17-34-36-28/h4-15,17H,16H2,1-3H3/p+1. The molecule has 9 nitrogen and oxygen atoms in total. The average molecular weight is 550 g/mol. The van der Waals surface area contributed by atoms with Crippen LogP contribution >= 0.6 is 10.5 Å². The first-order valence-electron chi connectivity index (χ1n) is 12.5. The lowest BCUT2D eigenvalue weighted by Gasteiger charge is -2.08. The van der Waals surface area contributed by atoms with Crippen LogP contribution < -0.4 is 14.8 Å². The number of nitrogens with zero attached hydrogens (tertiary/aromatic N) is 5. The van der Waals surface area contributed by atoms with E-state index in [4.69, 9.17) is 14.5 Å². The van der Waals surface area contributed by atoms with Gasteiger partial charge in [0.2, 0.25) is 10.5 Å². The fourth-order valence-corrected chi connectivity index (χ4v) is 7.19. The number of rotatable bonds is 7. The Kier molecular flexibility index (Phi) is 6.75. The van der Waals surface area contributed by atoms with E-state index in [1.165, 1.54) is 6.33 Å². The molecule has 10 heteroatoms. The lowest BCUT2D eigenvalue weighted by molar-refractivity contribution is 0.0951. The van der Waals surface area contributed by atoms with Gasteiger partial charge >= 0.3 is 0 Å². The van der Waals surface area contributed by atoms with E-state index in [-0.39, 0.29) is 5.91 Å². The Hall–Kier alpha value is -4.96. The van der Waals surface area contributed by atoms with Gasteiger partial charge in [-0.3, -0.25) is 4.79 Å². The molecule has 0 saturated carbocycles. The van der Waals surface area contributed by atoms with E-state index >= 15 is 0 Å². The summed E-state index contributed by atoms with van der Waals surface area (Å²) < 4.78 is 13.5. The quantitative estimate of drug-likeness (QED) is 0.255. The number of amides is 1. The monoisotopic (exact) mass is 549 g/mol. The van der Waals surface area contributed by atoms with Gasteiger partial charge in [0.1, 0.15) is 11.3 Å². The summed E-state index contributed by atoms with van der Waals surface area (Å²) in [7, 11) is 2.64. The van der Waals surface area contributed by atoms with Crippen molar-refractivity contribution in [3.05, 3.63) is 95.9 Å². The van der Waals surface area contributed by atoms with Gasteiger partial charge in [0, 0.05) is 29.8 Å². The maximum Gasteiger partial charge on any atom is 0.285 e. The molecule has 0 aliphatic heterocycles. The van der Waals surface area contributed by atoms with Crippen LogP contribution in [0.4, 0.5) is 0 Å². The van der Waals surface area contributed by atoms with Crippen molar-refractivity contribution < 1.29 is 14.3 Å². The number of thiophene rings is 1. The Bertz CT molecular complexity index is 1860. The van der Waals surface area contributed by atoms with Gasteiger partial charge in [0.25, 0.3) is 10.9 Å². The highest BCUT2D eigenvalue weighted by Crippen LogP contribution is 2.53. The van der Waals surface area contributed by atoms with Crippen LogP contribution in [0.2, 0.25) is 0 Å². The largest absolute Gasteiger partial charge is 0.497 e. The minimum atomic E-state index is -0.653. The molecule has 3 heterocycles. The van der Waals surface area contributed by atoms with E-state index in [1.54, 1.807) is 26.5 Å². The molecule has 0 spiro atoms. The number of pyridine rings is 1. The lowest BCUT2D eigenvalue weighted by Crippen LogP contribution is -2.23. The van der Waals surface area contributed by atoms with E-state index in [2.05, 4.69) is 50.8 Å². The highest BCUT2D eigenvalue weighted by atomic mass is 32.2. The minimum absolute atomic E-state index is 0.200. The fraction of sp³-hybridized carbons (Fsp3) is 0.133. The normalized spacial score (nSPS) is 11.5. The van der Waals surface area contributed by atoms with Gasteiger partial charge in [0.05, 0.1) is 30.1 Å². The molecule has 6 rings (SSSR count). The summed E-state index contributed by atoms with van der Waals surface area (Å²) in [6.45, 7) is 2.42. The zero-order valence-corrected chi connectivity index (χ0v) is 22.9. The summed E-state index contributed by atoms with van der Waals surface area (Å²) in [5, 5.41) is 21.4. The Labute approximate surface area is 232 Å². The first-order valence-corrected chi connectivity index (χ1v) is 13.7. The molecule has 0 fully saturated rings. The van der Waals surface area contributed by atoms with Gasteiger partial charge in [-0.05, 0) is 42.8 Å². The van der Waals surface area contributed by atoms with Crippen LogP contribution in [0.15, 0.2) is 79.3 Å². The Morgan fingerprint density at radius 2 is 1.73 bits per heavy atom. The molecule has 0 radical (unpaired) electrons. The molecule has 1 N–H and O–H groups in total. The molecule has 0 aliphatic carbocycles. The molecule has 40 heavy (non-hydrogen) atoms. The third-order valence-corrected chi connectivity index (χ3v) is 8.95. The molecule has 1 atom stereocenters. The van der Waals surface area contributed by atoms with Crippen LogP contribution in [0.1, 0.15) is 21.5 Å². The number of nitrogens with one attached hydrogen (secondary N) is 1. The van der Waals surface area contributed by atoms with Crippen LogP contribution in [-0.2, 0) is 6.54 Å². The molecule has 198 valence electrons. The van der Waals surface area contributed by atoms with Crippen molar-refractivity contribution in [2.45, 2.75) is 13.5 Å². The number of carbonyl (C=O) groups excluding carboxylic acids is 1. The van der Waals surface area contributed by atoms with Crippen molar-refractivity contribution in [1.82, 2.24) is 30.7 Å². The van der Waals surface area contributed by atoms with Crippen molar-refractivity contribution in [3.63, 3.8) is 0 Å². The molecule has 1 unspecified atom stereocenters. The lowest BCUT2D eigenvalue weighted by atomic mass is 10.1. The zero-order chi connectivity index (χ0) is 27.6. The van der Waals surface area contributed by atoms with E-state index in [0.717, 1.165) is 36.9 Å². The first-order chi connectivity index (χ1) is 19.6. The van der Waals surface area contributed by atoms with Crippen LogP contribution in [0, 0.1) is 6.92 Å². The summed E-state index contributed by atoms with van der Waals surface area (Å²) in [4.78, 5) is 18.3. The summed E-state index contributed by atoms with van der Waals surface area (Å²) in [6, 6.07) is 21.5. The average Bonchev–Trinajstić information content (AvgIpc) is 3.33. The number of carbonyl (C=O) groups is 1. The smallest absolute Gasteiger partial charge is 0.285 e. The molecular formula is C30H25N6O3S+. The van der Waals surface area contributed by atoms with E-state index in [9.17, 15) is 4.79 Å². The van der Waals surface area contributed by atoms with E-state index in [0.29, 0.717) is 34.5 Å². The van der Waals surface area contributed by atoms with Gasteiger partial charge < -0.3 is 14.8 Å². The molecule has 3 aromatic heterocycles. The maximum absolute atomic E-state index is 13.6. The van der Waals surface area contributed by atoms with Gasteiger partial charge in [-0.25, -0.2) is 4.98 Å². The maximum atomic E-state index is 13.6. The van der Waals surface area contributed by atoms with Crippen molar-refractivity contribution in [2.75, 3.05) is 14.2 Å². The second-order valence-electron chi connectivity index (χ2n) is 9.12. The third kappa shape index (κ3) is 4.58. The van der Waals surface area contributed by atoms with Gasteiger partial charge in [-0.1, -0.05) is 35.9 Å². The molecule has 0 aliphatic rings. The number of fused-ring (bicyclic) bond motifs is 3. The number of aryl methyl sites for hydroxylation is 1. The highest BCUT2D eigenvalue weighted by molar-refractivity contribution is 7.50. The third-order valence-electron chi connectivity index (χ3n) is 6.62. The Morgan fingerprint density at radius 3 is 2.48 bits per heavy atom. The number of aromatic nitrogens is 5. The van der Waals surface area contributed by atoms with Crippen molar-refractivity contribution in [2.24, 2.45) is 0 Å². The Morgan fingerprint density at radius 1 is 0.925 bits per heavy atom. The molecule has 3 aromatic carbocycles. The second-order valence-corrected chi connectivity index (χ2v) is 11.0. The number of hydrogen-bond donors (Lipinski definition) is 1. The number of hydrogen-bond acceptors (Lipinski definition) is 8. The Balaban J connectivity index is 1.38. The van der Waals surface area contributed by atoms with Crippen LogP contribution in [-0.4, -0.2) is 45.5 Å². The predicted molar refractivity (Wildman–Crippen MR) is 155 cm³/mol. The van der Waals surface area contributed by atoms with E-state index < -0.39 is 10.5 Å². The van der Waals surface area contributed by atoms with Gasteiger partial charge in [-0.15, -0.1) is 20.4 Å². The molecular weight excluding hydrogens is 524 g/mol. The number of ether oxygens (including phenoxy) is 2. The van der Waals surface area contributed by atoms with Crippen LogP contribution in [0.5, 0.6) is 11.5 Å². The summed E-state index contributed by atoms with van der Waals surface area (Å²) >= 11 is 0. The molecule has 1 amide bonds. The van der Waals surface area contributed by atoms with E-state index in [1.807, 2.05) is 42.5 Å². The minimum Gasteiger partial charge on any atom is -0.497 e.